The lowest BCUT2D eigenvalue weighted by atomic mass is 9.98. The highest BCUT2D eigenvalue weighted by Crippen LogP contribution is 2.33. The molecule has 0 aliphatic rings. The van der Waals surface area contributed by atoms with Crippen molar-refractivity contribution in [2.45, 2.75) is 47.1 Å². The molecule has 0 radical (unpaired) electrons. The number of hydrogen-bond donors (Lipinski definition) is 2. The summed E-state index contributed by atoms with van der Waals surface area (Å²) in [5.41, 5.74) is 7.70. The number of carbonyl (C=O) groups is 2. The summed E-state index contributed by atoms with van der Waals surface area (Å²) < 4.78 is 22.3. The van der Waals surface area contributed by atoms with E-state index in [1.165, 1.54) is 18.2 Å². The van der Waals surface area contributed by atoms with Gasteiger partial charge in [-0.05, 0) is 110 Å². The number of benzene rings is 5. The van der Waals surface area contributed by atoms with Crippen molar-refractivity contribution in [3.8, 4) is 34.5 Å². The average molecular weight is 703 g/mol. The van der Waals surface area contributed by atoms with E-state index in [0.717, 1.165) is 50.4 Å². The Morgan fingerprint density at radius 1 is 0.692 bits per heavy atom. The fourth-order valence-electron chi connectivity index (χ4n) is 5.73. The van der Waals surface area contributed by atoms with Crippen molar-refractivity contribution in [2.75, 3.05) is 21.3 Å². The summed E-state index contributed by atoms with van der Waals surface area (Å²) >= 11 is 0. The molecule has 0 aliphatic heterocycles. The third-order valence-corrected chi connectivity index (χ3v) is 8.73. The van der Waals surface area contributed by atoms with Crippen LogP contribution in [0, 0.1) is 27.7 Å². The van der Waals surface area contributed by atoms with Crippen LogP contribution in [-0.2, 0) is 13.0 Å². The Labute approximate surface area is 305 Å². The molecule has 52 heavy (non-hydrogen) atoms. The van der Waals surface area contributed by atoms with Gasteiger partial charge in [-0.2, -0.15) is 0 Å². The molecule has 0 spiro atoms. The number of phenolic OH excluding ortho intramolecular Hbond substituents is 2. The highest BCUT2D eigenvalue weighted by Gasteiger charge is 2.16. The summed E-state index contributed by atoms with van der Waals surface area (Å²) in [6, 6.07) is 27.2. The van der Waals surface area contributed by atoms with Gasteiger partial charge in [0, 0.05) is 23.6 Å². The zero-order valence-corrected chi connectivity index (χ0v) is 30.8. The summed E-state index contributed by atoms with van der Waals surface area (Å²) in [5, 5.41) is 19.0. The first-order valence-electron chi connectivity index (χ1n) is 16.9. The van der Waals surface area contributed by atoms with Gasteiger partial charge in [0.2, 0.25) is 0 Å². The first kappa shape index (κ1) is 38.8. The van der Waals surface area contributed by atoms with Gasteiger partial charge >= 0.3 is 0 Å². The molecular weight excluding hydrogens is 656 g/mol. The molecule has 5 aromatic carbocycles. The molecule has 0 amide bonds. The number of allylic oxidation sites excluding steroid dienone is 1. The normalized spacial score (nSPS) is 10.7. The number of hydrogen-bond acceptors (Lipinski definition) is 8. The average Bonchev–Trinajstić information content (AvgIpc) is 3.14. The Morgan fingerprint density at radius 3 is 2.08 bits per heavy atom. The molecule has 0 unspecified atom stereocenters. The van der Waals surface area contributed by atoms with Crippen molar-refractivity contribution in [1.82, 2.24) is 0 Å². The zero-order chi connectivity index (χ0) is 37.8. The van der Waals surface area contributed by atoms with Gasteiger partial charge in [0.25, 0.3) is 0 Å². The molecule has 5 aromatic rings. The van der Waals surface area contributed by atoms with Gasteiger partial charge in [-0.15, -0.1) is 0 Å². The first-order chi connectivity index (χ1) is 25.0. The van der Waals surface area contributed by atoms with Gasteiger partial charge < -0.3 is 29.2 Å². The van der Waals surface area contributed by atoms with Crippen LogP contribution in [0.15, 0.2) is 97.1 Å². The monoisotopic (exact) mass is 702 g/mol. The lowest BCUT2D eigenvalue weighted by Crippen LogP contribution is -2.04. The van der Waals surface area contributed by atoms with E-state index in [1.807, 2.05) is 94.4 Å². The van der Waals surface area contributed by atoms with E-state index in [1.54, 1.807) is 39.5 Å². The highest BCUT2D eigenvalue weighted by atomic mass is 16.5. The number of phenols is 2. The molecule has 5 rings (SSSR count). The van der Waals surface area contributed by atoms with Crippen LogP contribution in [0.25, 0.3) is 6.08 Å². The second kappa shape index (κ2) is 18.3. The van der Waals surface area contributed by atoms with Gasteiger partial charge in [-0.1, -0.05) is 48.5 Å². The summed E-state index contributed by atoms with van der Waals surface area (Å²) in [6.45, 7) is 8.31. The highest BCUT2D eigenvalue weighted by molar-refractivity contribution is 6.08. The van der Waals surface area contributed by atoms with Gasteiger partial charge in [-0.3, -0.25) is 9.59 Å². The topological polar surface area (TPSA) is 112 Å². The lowest BCUT2D eigenvalue weighted by Gasteiger charge is -2.13. The standard InChI is InChI=1S/C26H26O4.C18H20O4/c1-18-10-13-22(25(16-18)30-17-20-8-6-5-7-9-20)23(27)14-11-21-12-15-24(28-3)19(2)26(21)29-4;1-11-4-5-13(18(22-3)12(11)2)6-9-16(20)15-8-7-14(19)10-17(15)21/h5-16H,17H2,1-4H3;4-5,7-8,10,19,21H,6,9H2,1-3H3/b14-11+;. The molecule has 2 N–H and O–H groups in total. The number of Topliss-reactive ketones (excluding diaryl/α,β-unsaturated/α-hetero) is 1. The fourth-order valence-corrected chi connectivity index (χ4v) is 5.73. The van der Waals surface area contributed by atoms with Gasteiger partial charge in [-0.25, -0.2) is 0 Å². The number of aromatic hydroxyl groups is 2. The largest absolute Gasteiger partial charge is 0.508 e. The third-order valence-electron chi connectivity index (χ3n) is 8.73. The third kappa shape index (κ3) is 9.82. The van der Waals surface area contributed by atoms with E-state index in [4.69, 9.17) is 18.9 Å². The minimum Gasteiger partial charge on any atom is -0.508 e. The number of methoxy groups -OCH3 is 3. The predicted octanol–water partition coefficient (Wildman–Crippen LogP) is 9.33. The molecule has 0 aliphatic carbocycles. The van der Waals surface area contributed by atoms with Crippen molar-refractivity contribution < 1.29 is 38.7 Å². The quantitative estimate of drug-likeness (QED) is 0.0923. The Bertz CT molecular complexity index is 2050. The molecule has 0 heterocycles. The van der Waals surface area contributed by atoms with E-state index in [9.17, 15) is 19.8 Å². The van der Waals surface area contributed by atoms with Crippen LogP contribution in [0.1, 0.15) is 66.1 Å². The van der Waals surface area contributed by atoms with Crippen LogP contribution in [0.5, 0.6) is 34.5 Å². The van der Waals surface area contributed by atoms with E-state index >= 15 is 0 Å². The van der Waals surface area contributed by atoms with E-state index < -0.39 is 0 Å². The Morgan fingerprint density at radius 2 is 1.40 bits per heavy atom. The summed E-state index contributed by atoms with van der Waals surface area (Å²) in [7, 11) is 4.85. The Kier molecular flexibility index (Phi) is 13.6. The van der Waals surface area contributed by atoms with Crippen LogP contribution in [0.2, 0.25) is 0 Å². The number of ether oxygens (including phenoxy) is 4. The number of rotatable bonds is 13. The lowest BCUT2D eigenvalue weighted by molar-refractivity contribution is 0.0979. The number of aryl methyl sites for hydroxylation is 3. The van der Waals surface area contributed by atoms with Crippen LogP contribution in [0.3, 0.4) is 0 Å². The maximum absolute atomic E-state index is 12.9. The van der Waals surface area contributed by atoms with Crippen LogP contribution < -0.4 is 18.9 Å². The minimum atomic E-state index is -0.197. The first-order valence-corrected chi connectivity index (χ1v) is 16.9. The second-order valence-electron chi connectivity index (χ2n) is 12.3. The maximum atomic E-state index is 12.9. The smallest absolute Gasteiger partial charge is 0.189 e. The molecule has 0 saturated carbocycles. The minimum absolute atomic E-state index is 0.0649. The van der Waals surface area contributed by atoms with Gasteiger partial charge in [0.1, 0.15) is 41.1 Å². The van der Waals surface area contributed by atoms with Crippen LogP contribution in [-0.4, -0.2) is 43.1 Å². The van der Waals surface area contributed by atoms with E-state index in [2.05, 4.69) is 0 Å². The van der Waals surface area contributed by atoms with Crippen molar-refractivity contribution in [3.63, 3.8) is 0 Å². The summed E-state index contributed by atoms with van der Waals surface area (Å²) in [6.07, 6.45) is 4.10. The van der Waals surface area contributed by atoms with Crippen LogP contribution in [0.4, 0.5) is 0 Å². The molecule has 0 aromatic heterocycles. The molecule has 8 nitrogen and oxygen atoms in total. The van der Waals surface area contributed by atoms with Crippen molar-refractivity contribution in [1.29, 1.82) is 0 Å². The molecule has 0 saturated heterocycles. The zero-order valence-electron chi connectivity index (χ0n) is 30.8. The summed E-state index contributed by atoms with van der Waals surface area (Å²) in [4.78, 5) is 25.2. The van der Waals surface area contributed by atoms with E-state index in [0.29, 0.717) is 30.1 Å². The molecule has 8 heteroatoms. The Balaban J connectivity index is 0.000000244. The Hall–Kier alpha value is -6.02. The van der Waals surface area contributed by atoms with Crippen molar-refractivity contribution >= 4 is 17.6 Å². The number of carbonyl (C=O) groups excluding carboxylic acids is 2. The summed E-state index contributed by atoms with van der Waals surface area (Å²) in [5.74, 6) is 2.25. The number of ketones is 2. The molecule has 270 valence electrons. The van der Waals surface area contributed by atoms with Crippen LogP contribution >= 0.6 is 0 Å². The molecule has 0 atom stereocenters. The maximum Gasteiger partial charge on any atom is 0.189 e. The second-order valence-corrected chi connectivity index (χ2v) is 12.3. The molecule has 0 fully saturated rings. The molecular formula is C44H46O8. The van der Waals surface area contributed by atoms with Gasteiger partial charge in [0.15, 0.2) is 11.6 Å². The molecule has 0 bridgehead atoms. The van der Waals surface area contributed by atoms with E-state index in [-0.39, 0.29) is 35.0 Å². The predicted molar refractivity (Wildman–Crippen MR) is 204 cm³/mol. The van der Waals surface area contributed by atoms with Crippen molar-refractivity contribution in [3.05, 3.63) is 147 Å². The van der Waals surface area contributed by atoms with Crippen molar-refractivity contribution in [2.24, 2.45) is 0 Å². The fraction of sp³-hybridized carbons (Fsp3) is 0.227. The SMILES string of the molecule is COc1c(CCC(=O)c2ccc(O)cc2O)ccc(C)c1C.COc1ccc(/C=C/C(=O)c2ccc(C)cc2OCc2ccccc2)c(OC)c1C. The van der Waals surface area contributed by atoms with Gasteiger partial charge in [0.05, 0.1) is 32.5 Å².